The van der Waals surface area contributed by atoms with E-state index in [1.54, 1.807) is 11.5 Å². The Hall–Kier alpha value is -2.97. The normalized spacial score (nSPS) is 15.8. The number of carbonyl (C=O) groups is 1. The average molecular weight is 511 g/mol. The van der Waals surface area contributed by atoms with E-state index in [9.17, 15) is 9.59 Å². The van der Waals surface area contributed by atoms with Crippen molar-refractivity contribution in [2.75, 3.05) is 6.61 Å². The number of ether oxygens (including phenoxy) is 2. The second kappa shape index (κ2) is 11.2. The van der Waals surface area contributed by atoms with Gasteiger partial charge < -0.3 is 9.47 Å². The zero-order chi connectivity index (χ0) is 24.9. The van der Waals surface area contributed by atoms with Gasteiger partial charge in [-0.1, -0.05) is 49.3 Å². The second-order valence-electron chi connectivity index (χ2n) is 8.68. The number of rotatable bonds is 9. The molecule has 0 aliphatic carbocycles. The summed E-state index contributed by atoms with van der Waals surface area (Å²) in [5.74, 6) is 0.379. The number of fused-ring (bicyclic) bond motifs is 1. The van der Waals surface area contributed by atoms with Crippen LogP contribution in [-0.4, -0.2) is 23.2 Å². The third kappa shape index (κ3) is 5.65. The molecule has 1 unspecified atom stereocenters. The fourth-order valence-electron chi connectivity index (χ4n) is 3.93. The maximum Gasteiger partial charge on any atom is 0.338 e. The number of thiophene rings is 1. The lowest BCUT2D eigenvalue weighted by Gasteiger charge is -2.24. The molecule has 1 aromatic carbocycles. The largest absolute Gasteiger partial charge is 0.494 e. The van der Waals surface area contributed by atoms with Gasteiger partial charge in [0.25, 0.3) is 5.56 Å². The molecule has 0 saturated carbocycles. The number of nitrogens with zero attached hydrogens (tertiary/aromatic N) is 2. The summed E-state index contributed by atoms with van der Waals surface area (Å²) in [6.45, 7) is 8.29. The van der Waals surface area contributed by atoms with E-state index in [1.807, 2.05) is 61.7 Å². The van der Waals surface area contributed by atoms with Gasteiger partial charge >= 0.3 is 5.97 Å². The number of hydrogen-bond donors (Lipinski definition) is 0. The van der Waals surface area contributed by atoms with Gasteiger partial charge in [0.15, 0.2) is 4.80 Å². The molecule has 1 aliphatic heterocycles. The zero-order valence-electron chi connectivity index (χ0n) is 20.4. The smallest absolute Gasteiger partial charge is 0.338 e. The first-order valence-electron chi connectivity index (χ1n) is 11.9. The van der Waals surface area contributed by atoms with Crippen molar-refractivity contribution in [1.82, 2.24) is 4.57 Å². The van der Waals surface area contributed by atoms with Crippen LogP contribution in [0.5, 0.6) is 5.75 Å². The predicted octanol–water partition coefficient (Wildman–Crippen LogP) is 4.82. The third-order valence-corrected chi connectivity index (χ3v) is 7.50. The number of esters is 1. The van der Waals surface area contributed by atoms with Gasteiger partial charge in [-0.15, -0.1) is 11.3 Å². The predicted molar refractivity (Wildman–Crippen MR) is 141 cm³/mol. The number of hydrogen-bond acceptors (Lipinski definition) is 7. The summed E-state index contributed by atoms with van der Waals surface area (Å²) in [5, 5.41) is 1.94. The Balaban J connectivity index is 1.71. The monoisotopic (exact) mass is 510 g/mol. The molecular formula is C27H30N2O4S2. The number of carbonyl (C=O) groups excluding carboxylic acids is 1. The summed E-state index contributed by atoms with van der Waals surface area (Å²) in [5.41, 5.74) is 1.71. The average Bonchev–Trinajstić information content (AvgIpc) is 3.45. The quantitative estimate of drug-likeness (QED) is 0.306. The molecule has 0 amide bonds. The van der Waals surface area contributed by atoms with Crippen molar-refractivity contribution in [1.29, 1.82) is 0 Å². The molecule has 35 heavy (non-hydrogen) atoms. The van der Waals surface area contributed by atoms with Gasteiger partial charge in [-0.25, -0.2) is 9.79 Å². The first-order chi connectivity index (χ1) is 16.9. The van der Waals surface area contributed by atoms with Crippen molar-refractivity contribution in [2.24, 2.45) is 4.99 Å². The van der Waals surface area contributed by atoms with Gasteiger partial charge in [0.05, 0.1) is 28.5 Å². The van der Waals surface area contributed by atoms with E-state index in [0.29, 0.717) is 27.2 Å². The number of unbranched alkanes of at least 4 members (excludes halogenated alkanes) is 2. The van der Waals surface area contributed by atoms with Crippen LogP contribution in [-0.2, 0) is 9.53 Å². The standard InChI is InChI=1S/C27H30N2O4S2/c1-5-6-7-14-32-20-12-10-19(11-13-20)16-22-25(30)29-24(21-9-8-15-34-21)23(26(31)33-17(2)3)18(4)28-27(29)35-22/h8-13,15-17,24H,5-7,14H2,1-4H3/b22-16+. The van der Waals surface area contributed by atoms with Crippen molar-refractivity contribution in [3.8, 4) is 5.75 Å². The van der Waals surface area contributed by atoms with Crippen molar-refractivity contribution in [3.63, 3.8) is 0 Å². The van der Waals surface area contributed by atoms with Crippen LogP contribution in [0.15, 0.2) is 62.8 Å². The molecule has 1 atom stereocenters. The summed E-state index contributed by atoms with van der Waals surface area (Å²) in [6.07, 6.45) is 4.95. The Morgan fingerprint density at radius 3 is 2.63 bits per heavy atom. The number of allylic oxidation sites excluding steroid dienone is 1. The van der Waals surface area contributed by atoms with Crippen LogP contribution in [0.3, 0.4) is 0 Å². The number of benzene rings is 1. The summed E-state index contributed by atoms with van der Waals surface area (Å²) in [4.78, 5) is 32.7. The van der Waals surface area contributed by atoms with Gasteiger partial charge in [0, 0.05) is 4.88 Å². The SMILES string of the molecule is CCCCCOc1ccc(/C=c2/sc3n(c2=O)C(c2cccs2)C(C(=O)OC(C)C)=C(C)N=3)cc1. The molecular weight excluding hydrogens is 480 g/mol. The highest BCUT2D eigenvalue weighted by atomic mass is 32.1. The Morgan fingerprint density at radius 1 is 1.20 bits per heavy atom. The maximum atomic E-state index is 13.6. The molecule has 6 nitrogen and oxygen atoms in total. The van der Waals surface area contributed by atoms with Gasteiger partial charge in [-0.3, -0.25) is 9.36 Å². The molecule has 2 aromatic heterocycles. The van der Waals surface area contributed by atoms with Crippen LogP contribution in [0, 0.1) is 0 Å². The molecule has 0 fully saturated rings. The van der Waals surface area contributed by atoms with Crippen LogP contribution in [0.25, 0.3) is 6.08 Å². The van der Waals surface area contributed by atoms with E-state index in [4.69, 9.17) is 9.47 Å². The molecule has 8 heteroatoms. The number of aromatic nitrogens is 1. The fourth-order valence-corrected chi connectivity index (χ4v) is 5.80. The molecule has 0 radical (unpaired) electrons. The Kier molecular flexibility index (Phi) is 8.03. The van der Waals surface area contributed by atoms with Gasteiger partial charge in [0.1, 0.15) is 11.8 Å². The van der Waals surface area contributed by atoms with Crippen LogP contribution in [0.2, 0.25) is 0 Å². The number of thiazole rings is 1. The van der Waals surface area contributed by atoms with Crippen molar-refractivity contribution < 1.29 is 14.3 Å². The van der Waals surface area contributed by atoms with E-state index < -0.39 is 12.0 Å². The molecule has 1 aliphatic rings. The molecule has 0 saturated heterocycles. The lowest BCUT2D eigenvalue weighted by Crippen LogP contribution is -2.39. The van der Waals surface area contributed by atoms with E-state index in [2.05, 4.69) is 11.9 Å². The molecule has 4 rings (SSSR count). The Morgan fingerprint density at radius 2 is 1.97 bits per heavy atom. The van der Waals surface area contributed by atoms with E-state index in [0.717, 1.165) is 35.5 Å². The Bertz CT molecular complexity index is 1380. The topological polar surface area (TPSA) is 69.9 Å². The highest BCUT2D eigenvalue weighted by Crippen LogP contribution is 2.33. The first-order valence-corrected chi connectivity index (χ1v) is 13.6. The lowest BCUT2D eigenvalue weighted by molar-refractivity contribution is -0.143. The van der Waals surface area contributed by atoms with Crippen molar-refractivity contribution >= 4 is 34.7 Å². The highest BCUT2D eigenvalue weighted by molar-refractivity contribution is 7.10. The van der Waals surface area contributed by atoms with Crippen LogP contribution in [0.1, 0.15) is 63.4 Å². The van der Waals surface area contributed by atoms with E-state index >= 15 is 0 Å². The summed E-state index contributed by atoms with van der Waals surface area (Å²) >= 11 is 2.83. The Labute approximate surface area is 212 Å². The molecule has 0 spiro atoms. The van der Waals surface area contributed by atoms with E-state index in [1.165, 1.54) is 22.7 Å². The lowest BCUT2D eigenvalue weighted by atomic mass is 10.0. The van der Waals surface area contributed by atoms with Crippen molar-refractivity contribution in [2.45, 2.75) is 59.1 Å². The summed E-state index contributed by atoms with van der Waals surface area (Å²) < 4.78 is 13.5. The summed E-state index contributed by atoms with van der Waals surface area (Å²) in [6, 6.07) is 11.0. The molecule has 3 aromatic rings. The molecule has 0 bridgehead atoms. The van der Waals surface area contributed by atoms with Crippen LogP contribution < -0.4 is 19.6 Å². The summed E-state index contributed by atoms with van der Waals surface area (Å²) in [7, 11) is 0. The highest BCUT2D eigenvalue weighted by Gasteiger charge is 2.34. The second-order valence-corrected chi connectivity index (χ2v) is 10.7. The maximum absolute atomic E-state index is 13.6. The van der Waals surface area contributed by atoms with Crippen LogP contribution >= 0.6 is 22.7 Å². The molecule has 0 N–H and O–H groups in total. The zero-order valence-corrected chi connectivity index (χ0v) is 22.1. The van der Waals surface area contributed by atoms with Crippen LogP contribution in [0.4, 0.5) is 0 Å². The minimum absolute atomic E-state index is 0.172. The first kappa shape index (κ1) is 25.1. The van der Waals surface area contributed by atoms with Gasteiger partial charge in [0.2, 0.25) is 0 Å². The van der Waals surface area contributed by atoms with E-state index in [-0.39, 0.29) is 11.7 Å². The minimum Gasteiger partial charge on any atom is -0.494 e. The fraction of sp³-hybridized carbons (Fsp3) is 0.370. The molecule has 184 valence electrons. The van der Waals surface area contributed by atoms with Gasteiger partial charge in [-0.05, 0) is 62.4 Å². The minimum atomic E-state index is -0.557. The van der Waals surface area contributed by atoms with Crippen molar-refractivity contribution in [3.05, 3.63) is 83.2 Å². The third-order valence-electron chi connectivity index (χ3n) is 5.59. The molecule has 3 heterocycles. The van der Waals surface area contributed by atoms with Gasteiger partial charge in [-0.2, -0.15) is 0 Å².